The van der Waals surface area contributed by atoms with E-state index in [1.165, 1.54) is 65.5 Å². The molecule has 0 saturated carbocycles. The van der Waals surface area contributed by atoms with Gasteiger partial charge in [-0.1, -0.05) is 105 Å². The number of hydrogen-bond acceptors (Lipinski definition) is 9. The van der Waals surface area contributed by atoms with Crippen LogP contribution in [0.4, 0.5) is 74.1 Å². The summed E-state index contributed by atoms with van der Waals surface area (Å²) in [4.78, 5) is 51.4. The Morgan fingerprint density at radius 3 is 1.68 bits per heavy atom. The zero-order valence-electron chi connectivity index (χ0n) is 58.5. The summed E-state index contributed by atoms with van der Waals surface area (Å²) in [5.41, 5.74) is 7.35. The molecule has 0 aliphatic carbocycles. The fraction of sp³-hybridized carbons (Fsp3) is 0.0933. The number of aldehydes is 3. The second kappa shape index (κ2) is 39.7. The Morgan fingerprint density at radius 1 is 0.545 bits per heavy atom. The summed E-state index contributed by atoms with van der Waals surface area (Å²) in [5.74, 6) is -11.2. The van der Waals surface area contributed by atoms with Crippen LogP contribution in [0.1, 0.15) is 58.3 Å². The van der Waals surface area contributed by atoms with E-state index in [0.717, 1.165) is 24.3 Å². The van der Waals surface area contributed by atoms with E-state index < -0.39 is 97.4 Å². The number of H-pyrrole nitrogens is 3. The van der Waals surface area contributed by atoms with E-state index in [4.69, 9.17) is 30.7 Å². The quantitative estimate of drug-likeness (QED) is 0.0372. The number of nitrogens with one attached hydrogen (secondary N) is 3. The number of carbonyl (C=O) groups excluding carboxylic acids is 4. The van der Waals surface area contributed by atoms with Gasteiger partial charge in [0.15, 0.2) is 82.5 Å². The van der Waals surface area contributed by atoms with Crippen molar-refractivity contribution in [1.29, 1.82) is 5.26 Å². The minimum atomic E-state index is -1.97. The summed E-state index contributed by atoms with van der Waals surface area (Å²) in [6.45, 7) is 31.9. The van der Waals surface area contributed by atoms with Gasteiger partial charge in [-0.2, -0.15) is 25.7 Å². The van der Waals surface area contributed by atoms with Crippen LogP contribution in [0.5, 0.6) is 0 Å². The number of aryl methyl sites for hydroxylation is 1. The summed E-state index contributed by atoms with van der Waals surface area (Å²) in [6, 6.07) is 26.5. The highest BCUT2D eigenvalue weighted by Gasteiger charge is 2.29. The lowest BCUT2D eigenvalue weighted by Gasteiger charge is -2.20. The molecule has 0 bridgehead atoms. The summed E-state index contributed by atoms with van der Waals surface area (Å²) in [6.07, 6.45) is 5.56. The van der Waals surface area contributed by atoms with Crippen LogP contribution in [0.2, 0.25) is 39.3 Å². The number of nitriles is 1. The molecule has 37 heteroatoms. The molecule has 1 amide bonds. The lowest BCUT2D eigenvalue weighted by molar-refractivity contribution is 0.0995. The van der Waals surface area contributed by atoms with Gasteiger partial charge in [0.05, 0.1) is 92.7 Å². The molecule has 9 aromatic carbocycles. The van der Waals surface area contributed by atoms with Crippen LogP contribution < -0.4 is 16.1 Å². The summed E-state index contributed by atoms with van der Waals surface area (Å²) in [7, 11) is -2.12. The van der Waals surface area contributed by atoms with E-state index in [-0.39, 0.29) is 57.5 Å². The van der Waals surface area contributed by atoms with Crippen LogP contribution in [0.25, 0.3) is 70.3 Å². The van der Waals surface area contributed by atoms with Crippen LogP contribution in [0.3, 0.4) is 0 Å². The average molecular weight is 1900 g/mol. The molecule has 574 valence electrons. The second-order valence-corrected chi connectivity index (χ2v) is 38.9. The number of rotatable bonds is 8. The van der Waals surface area contributed by atoms with Crippen LogP contribution in [0.15, 0.2) is 144 Å². The van der Waals surface area contributed by atoms with Gasteiger partial charge in [-0.15, -0.1) is 0 Å². The molecule has 5 N–H and O–H groups in total. The minimum Gasteiger partial charge on any atom is -0.366 e. The topological polar surface area (TPSA) is 235 Å². The predicted molar refractivity (Wildman–Crippen MR) is 422 cm³/mol. The summed E-state index contributed by atoms with van der Waals surface area (Å²) >= 11 is 15.7. The van der Waals surface area contributed by atoms with Crippen LogP contribution in [-0.2, 0) is 7.05 Å². The van der Waals surface area contributed by atoms with Crippen LogP contribution in [-0.4, -0.2) is 81.3 Å². The number of aromatic amines is 3. The van der Waals surface area contributed by atoms with Crippen molar-refractivity contribution in [2.45, 2.75) is 39.3 Å². The number of nitrogens with two attached hydrogens (primary N) is 1. The fourth-order valence-electron chi connectivity index (χ4n) is 9.71. The molecule has 0 aliphatic rings. The first kappa shape index (κ1) is 89.9. The Kier molecular flexibility index (Phi) is 31.9. The zero-order chi connectivity index (χ0) is 83.5. The van der Waals surface area contributed by atoms with Crippen LogP contribution >= 0.6 is 79.6 Å². The Labute approximate surface area is 671 Å². The molecule has 4 heterocycles. The maximum atomic E-state index is 13.7. The Balaban J connectivity index is 0.000000202. The smallest absolute Gasteiger partial charge is 0.251 e. The van der Waals surface area contributed by atoms with Crippen molar-refractivity contribution >= 4 is 204 Å². The van der Waals surface area contributed by atoms with Crippen molar-refractivity contribution in [2.75, 3.05) is 0 Å². The van der Waals surface area contributed by atoms with Gasteiger partial charge >= 0.3 is 0 Å². The van der Waals surface area contributed by atoms with E-state index in [0.29, 0.717) is 94.3 Å². The monoisotopic (exact) mass is 1890 g/mol. The third-order valence-corrected chi connectivity index (χ3v) is 22.4. The van der Waals surface area contributed by atoms with Gasteiger partial charge in [0.25, 0.3) is 5.91 Å². The number of carbonyl (C=O) groups is 4. The van der Waals surface area contributed by atoms with Gasteiger partial charge in [0, 0.05) is 48.1 Å². The predicted octanol–water partition coefficient (Wildman–Crippen LogP) is 22.0. The van der Waals surface area contributed by atoms with E-state index >= 15 is 0 Å². The Morgan fingerprint density at radius 2 is 1.11 bits per heavy atom. The number of primary amides is 1. The number of benzene rings is 9. The molecule has 13 rings (SSSR count). The van der Waals surface area contributed by atoms with Gasteiger partial charge in [-0.25, -0.2) is 71.6 Å². The fourth-order valence-corrected chi connectivity index (χ4v) is 18.5. The van der Waals surface area contributed by atoms with E-state index in [1.54, 1.807) is 61.7 Å². The maximum absolute atomic E-state index is 13.7. The number of hydrogen-bond donors (Lipinski definition) is 4. The highest BCUT2D eigenvalue weighted by atomic mass is 79.9. The maximum Gasteiger partial charge on any atom is 0.251 e. The van der Waals surface area contributed by atoms with E-state index in [1.807, 2.05) is 39.3 Å². The number of nitrogens with zero attached hydrogens (tertiary/aromatic N) is 9. The summed E-state index contributed by atoms with van der Waals surface area (Å²) in [5, 5.41) is 34.9. The number of fused-ring (bicyclic) bond motifs is 4. The van der Waals surface area contributed by atoms with Crippen molar-refractivity contribution in [3.8, 4) is 6.07 Å². The van der Waals surface area contributed by atoms with Crippen molar-refractivity contribution in [2.24, 2.45) is 12.8 Å². The van der Waals surface area contributed by atoms with E-state index in [9.17, 15) is 76.3 Å². The number of halogens is 18. The van der Waals surface area contributed by atoms with E-state index in [2.05, 4.69) is 130 Å². The lowest BCUT2D eigenvalue weighted by atomic mass is 10.1. The Bertz CT molecular complexity index is 5980. The molecule has 0 atom stereocenters. The van der Waals surface area contributed by atoms with Gasteiger partial charge in [0.1, 0.15) is 49.3 Å². The van der Waals surface area contributed by atoms with Gasteiger partial charge in [-0.05, 0) is 151 Å². The van der Waals surface area contributed by atoms with Crippen LogP contribution in [0, 0.1) is 107 Å². The SMILES string of the molecule is C[Si](C)(C)c1c(Br)cc(C=O)c(F)c1F.C[Si](C)(C)c1c(Br)ccc(F)c1F.N#Cc1cc(F)c(F)c(C=O)c1.NC(=O)c1cc2c(/C=C/c3cccc(F)c3)n[nH]c2cc1F.O=Cc1cc(Br)cc(F)c1F.[C-]#[N+]c1cc(F)c2[nH]ncc2c1.[C-]#[N+]c1cc(F)c2c(c1)c(Br)nn2C.[C-]#[N+]c1cc(F)c2n[nH]c(Br)c2c1. The normalized spacial score (nSPS) is 10.7. The van der Waals surface area contributed by atoms with Crippen molar-refractivity contribution < 1.29 is 76.3 Å². The third-order valence-electron chi connectivity index (χ3n) is 14.8. The standard InChI is InChI=1S/C16H11F2N3O.C10H11BrF2OSi.C9H11BrF2Si.C9H5BrFN3.C8H3BrFN3.C8H3F2NO.C8H4FN3.C7H3BrF2O/c17-10-3-1-2-9(6-10)4-5-14-12-7-11(16(19)22)13(18)8-15(12)21-20-14;1-15(2,3)10-7(11)4-6(5-14)8(12)9(10)13;1-13(2,3)9-6(10)4-5-7(11)8(9)12;1-12-5-3-6-8(7(11)4-5)14(2)13-9(6)10;1-11-4-2-5-7(6(10)3-4)12-13-8(5)9;9-7-2-5(3-11)1-6(4-12)8(7)10;1-10-6-2-5-4-11-12-8(5)7(9)3-6;8-5-1-4(3-11)7(10)6(9)2-5/h1-8H,(H2,19,22)(H,20,21);4-5H,1-3H3;4-5H,1-3H3;3-4H,2H3;2-3H,(H,12,13);1-2,4H;2-4H,(H,11,12);1-3H/b5-4+;;;;;;;. The molecule has 0 aliphatic heterocycles. The van der Waals surface area contributed by atoms with Gasteiger partial charge < -0.3 is 5.73 Å². The second-order valence-electron chi connectivity index (χ2n) is 24.7. The van der Waals surface area contributed by atoms with Crippen molar-refractivity contribution in [1.82, 2.24) is 40.4 Å². The summed E-state index contributed by atoms with van der Waals surface area (Å²) < 4.78 is 174. The lowest BCUT2D eigenvalue weighted by Crippen LogP contribution is -2.42. The highest BCUT2D eigenvalue weighted by Crippen LogP contribution is 2.32. The molecule has 0 spiro atoms. The van der Waals surface area contributed by atoms with Gasteiger partial charge in [-0.3, -0.25) is 39.2 Å². The Hall–Kier alpha value is -11.0. The highest BCUT2D eigenvalue weighted by molar-refractivity contribution is 9.11. The van der Waals surface area contributed by atoms with Crippen molar-refractivity contribution in [3.05, 3.63) is 293 Å². The molecule has 0 unspecified atom stereocenters. The van der Waals surface area contributed by atoms with Crippen molar-refractivity contribution in [3.63, 3.8) is 0 Å². The average Bonchev–Trinajstić information content (AvgIpc) is 0.880. The molecular weight excluding hydrogens is 1850 g/mol. The minimum absolute atomic E-state index is 0.0731. The first-order valence-electron chi connectivity index (χ1n) is 31.2. The molecule has 17 nitrogen and oxygen atoms in total. The largest absolute Gasteiger partial charge is 0.366 e. The molecule has 0 saturated heterocycles. The molecule has 0 fully saturated rings. The number of aromatic nitrogens is 8. The first-order chi connectivity index (χ1) is 52.7. The molecule has 13 aromatic rings. The zero-order valence-corrected chi connectivity index (χ0v) is 68.4. The first-order valence-corrected chi connectivity index (χ1v) is 42.2. The molecule has 112 heavy (non-hydrogen) atoms. The van der Waals surface area contributed by atoms with Gasteiger partial charge in [0.2, 0.25) is 0 Å². The number of amides is 1. The molecular formula is C75H51Br5F13N13O4Si2. The molecule has 4 aromatic heterocycles. The molecule has 0 radical (unpaired) electrons. The third kappa shape index (κ3) is 23.1.